The fourth-order valence-corrected chi connectivity index (χ4v) is 1.75. The Labute approximate surface area is 102 Å². The lowest BCUT2D eigenvalue weighted by Crippen LogP contribution is -2.03. The van der Waals surface area contributed by atoms with Crippen molar-refractivity contribution in [2.45, 2.75) is 20.4 Å². The minimum Gasteiger partial charge on any atom is -0.398 e. The molecule has 0 saturated heterocycles. The van der Waals surface area contributed by atoms with Crippen molar-refractivity contribution in [2.75, 3.05) is 11.1 Å². The molecule has 3 heteroatoms. The first-order valence-corrected chi connectivity index (χ1v) is 5.67. The summed E-state index contributed by atoms with van der Waals surface area (Å²) in [6.45, 7) is 4.85. The molecule has 2 aromatic rings. The molecular weight excluding hydrogens is 210 g/mol. The first-order chi connectivity index (χ1) is 8.18. The van der Waals surface area contributed by atoms with Crippen molar-refractivity contribution in [3.8, 4) is 0 Å². The standard InChI is InChI=1S/C14H17N3/c1-10-3-4-13(11(2)14(10)15)17-9-12-5-7-16-8-6-12/h3-8,17H,9,15H2,1-2H3. The highest BCUT2D eigenvalue weighted by atomic mass is 14.9. The maximum Gasteiger partial charge on any atom is 0.0402 e. The Hall–Kier alpha value is -2.03. The van der Waals surface area contributed by atoms with Crippen molar-refractivity contribution in [1.29, 1.82) is 0 Å². The fraction of sp³-hybridized carbons (Fsp3) is 0.214. The molecule has 0 unspecified atom stereocenters. The predicted octanol–water partition coefficient (Wildman–Crippen LogP) is 2.89. The first-order valence-electron chi connectivity index (χ1n) is 5.67. The molecule has 0 atom stereocenters. The molecule has 0 aliphatic rings. The lowest BCUT2D eigenvalue weighted by molar-refractivity contribution is 1.12. The van der Waals surface area contributed by atoms with Gasteiger partial charge in [-0.2, -0.15) is 0 Å². The third-order valence-corrected chi connectivity index (χ3v) is 2.97. The molecule has 2 rings (SSSR count). The van der Waals surface area contributed by atoms with Gasteiger partial charge in [-0.05, 0) is 48.7 Å². The summed E-state index contributed by atoms with van der Waals surface area (Å²) in [6.07, 6.45) is 3.60. The van der Waals surface area contributed by atoms with E-state index in [-0.39, 0.29) is 0 Å². The highest BCUT2D eigenvalue weighted by molar-refractivity contribution is 5.66. The van der Waals surface area contributed by atoms with Gasteiger partial charge in [-0.25, -0.2) is 0 Å². The summed E-state index contributed by atoms with van der Waals surface area (Å²) in [5.74, 6) is 0. The van der Waals surface area contributed by atoms with Crippen LogP contribution in [0.1, 0.15) is 16.7 Å². The molecule has 88 valence electrons. The van der Waals surface area contributed by atoms with E-state index >= 15 is 0 Å². The molecule has 1 heterocycles. The van der Waals surface area contributed by atoms with Gasteiger partial charge in [0.05, 0.1) is 0 Å². The minimum absolute atomic E-state index is 0.784. The van der Waals surface area contributed by atoms with E-state index in [1.807, 2.05) is 32.0 Å². The molecular formula is C14H17N3. The van der Waals surface area contributed by atoms with E-state index in [1.54, 1.807) is 12.4 Å². The van der Waals surface area contributed by atoms with Crippen LogP contribution in [0.5, 0.6) is 0 Å². The molecule has 3 nitrogen and oxygen atoms in total. The fourth-order valence-electron chi connectivity index (χ4n) is 1.75. The molecule has 1 aromatic carbocycles. The van der Waals surface area contributed by atoms with Gasteiger partial charge < -0.3 is 11.1 Å². The van der Waals surface area contributed by atoms with Gasteiger partial charge in [0.1, 0.15) is 0 Å². The van der Waals surface area contributed by atoms with E-state index in [0.717, 1.165) is 29.0 Å². The molecule has 0 bridgehead atoms. The molecule has 0 saturated carbocycles. The van der Waals surface area contributed by atoms with Crippen LogP contribution >= 0.6 is 0 Å². The van der Waals surface area contributed by atoms with Crippen LogP contribution in [0.2, 0.25) is 0 Å². The highest BCUT2D eigenvalue weighted by Crippen LogP contribution is 2.24. The smallest absolute Gasteiger partial charge is 0.0402 e. The molecule has 0 fully saturated rings. The molecule has 0 radical (unpaired) electrons. The number of pyridine rings is 1. The molecule has 0 amide bonds. The van der Waals surface area contributed by atoms with E-state index in [1.165, 1.54) is 5.56 Å². The van der Waals surface area contributed by atoms with Crippen LogP contribution in [0.4, 0.5) is 11.4 Å². The Balaban J connectivity index is 2.13. The van der Waals surface area contributed by atoms with Gasteiger partial charge in [-0.15, -0.1) is 0 Å². The number of benzene rings is 1. The van der Waals surface area contributed by atoms with Crippen molar-refractivity contribution in [2.24, 2.45) is 0 Å². The third kappa shape index (κ3) is 2.56. The Morgan fingerprint density at radius 2 is 1.82 bits per heavy atom. The van der Waals surface area contributed by atoms with Gasteiger partial charge >= 0.3 is 0 Å². The van der Waals surface area contributed by atoms with Crippen molar-refractivity contribution in [3.63, 3.8) is 0 Å². The number of hydrogen-bond donors (Lipinski definition) is 2. The first kappa shape index (κ1) is 11.5. The summed E-state index contributed by atoms with van der Waals surface area (Å²) < 4.78 is 0. The van der Waals surface area contributed by atoms with Crippen molar-refractivity contribution >= 4 is 11.4 Å². The van der Waals surface area contributed by atoms with Crippen LogP contribution in [0, 0.1) is 13.8 Å². The summed E-state index contributed by atoms with van der Waals surface area (Å²) in [6, 6.07) is 8.11. The molecule has 1 aromatic heterocycles. The average Bonchev–Trinajstić information content (AvgIpc) is 2.36. The normalized spacial score (nSPS) is 10.2. The van der Waals surface area contributed by atoms with Crippen LogP contribution in [0.25, 0.3) is 0 Å². The third-order valence-electron chi connectivity index (χ3n) is 2.97. The summed E-state index contributed by atoms with van der Waals surface area (Å²) in [5.41, 5.74) is 11.4. The summed E-state index contributed by atoms with van der Waals surface area (Å²) in [5, 5.41) is 3.39. The van der Waals surface area contributed by atoms with Crippen LogP contribution < -0.4 is 11.1 Å². The highest BCUT2D eigenvalue weighted by Gasteiger charge is 2.03. The lowest BCUT2D eigenvalue weighted by atomic mass is 10.1. The number of nitrogens with zero attached hydrogens (tertiary/aromatic N) is 1. The zero-order valence-electron chi connectivity index (χ0n) is 10.2. The Morgan fingerprint density at radius 1 is 1.12 bits per heavy atom. The number of nitrogens with one attached hydrogen (secondary N) is 1. The minimum atomic E-state index is 0.784. The number of aromatic nitrogens is 1. The van der Waals surface area contributed by atoms with Gasteiger partial charge in [-0.1, -0.05) is 6.07 Å². The molecule has 0 aliphatic heterocycles. The van der Waals surface area contributed by atoms with Crippen LogP contribution in [0.3, 0.4) is 0 Å². The Bertz CT molecular complexity index is 506. The number of rotatable bonds is 3. The van der Waals surface area contributed by atoms with E-state index in [4.69, 9.17) is 5.73 Å². The maximum absolute atomic E-state index is 6.00. The van der Waals surface area contributed by atoms with E-state index in [0.29, 0.717) is 0 Å². The number of aryl methyl sites for hydroxylation is 1. The van der Waals surface area contributed by atoms with Crippen molar-refractivity contribution in [1.82, 2.24) is 4.98 Å². The number of hydrogen-bond acceptors (Lipinski definition) is 3. The van der Waals surface area contributed by atoms with E-state index in [9.17, 15) is 0 Å². The zero-order valence-corrected chi connectivity index (χ0v) is 10.2. The second-order valence-electron chi connectivity index (χ2n) is 4.18. The number of anilines is 2. The van der Waals surface area contributed by atoms with E-state index in [2.05, 4.69) is 16.4 Å². The van der Waals surface area contributed by atoms with Gasteiger partial charge in [-0.3, -0.25) is 4.98 Å². The van der Waals surface area contributed by atoms with Gasteiger partial charge in [0.25, 0.3) is 0 Å². The van der Waals surface area contributed by atoms with Crippen LogP contribution in [-0.2, 0) is 6.54 Å². The molecule has 3 N–H and O–H groups in total. The Kier molecular flexibility index (Phi) is 3.28. The number of nitrogens with two attached hydrogens (primary N) is 1. The summed E-state index contributed by atoms with van der Waals surface area (Å²) >= 11 is 0. The van der Waals surface area contributed by atoms with Crippen LogP contribution in [-0.4, -0.2) is 4.98 Å². The maximum atomic E-state index is 6.00. The van der Waals surface area contributed by atoms with Crippen LogP contribution in [0.15, 0.2) is 36.7 Å². The van der Waals surface area contributed by atoms with Gasteiger partial charge in [0, 0.05) is 30.3 Å². The zero-order chi connectivity index (χ0) is 12.3. The lowest BCUT2D eigenvalue weighted by Gasteiger charge is -2.13. The molecule has 0 aliphatic carbocycles. The largest absolute Gasteiger partial charge is 0.398 e. The van der Waals surface area contributed by atoms with Crippen molar-refractivity contribution < 1.29 is 0 Å². The SMILES string of the molecule is Cc1ccc(NCc2ccncc2)c(C)c1N. The summed E-state index contributed by atoms with van der Waals surface area (Å²) in [7, 11) is 0. The van der Waals surface area contributed by atoms with E-state index < -0.39 is 0 Å². The van der Waals surface area contributed by atoms with Gasteiger partial charge in [0.2, 0.25) is 0 Å². The quantitative estimate of drug-likeness (QED) is 0.793. The summed E-state index contributed by atoms with van der Waals surface area (Å²) in [4.78, 5) is 4.00. The Morgan fingerprint density at radius 3 is 2.53 bits per heavy atom. The second-order valence-corrected chi connectivity index (χ2v) is 4.18. The number of nitrogen functional groups attached to an aromatic ring is 1. The second kappa shape index (κ2) is 4.87. The molecule has 17 heavy (non-hydrogen) atoms. The van der Waals surface area contributed by atoms with Crippen molar-refractivity contribution in [3.05, 3.63) is 53.3 Å². The monoisotopic (exact) mass is 227 g/mol. The predicted molar refractivity (Wildman–Crippen MR) is 71.9 cm³/mol. The van der Waals surface area contributed by atoms with Gasteiger partial charge in [0.15, 0.2) is 0 Å². The topological polar surface area (TPSA) is 50.9 Å². The molecule has 0 spiro atoms. The average molecular weight is 227 g/mol.